The summed E-state index contributed by atoms with van der Waals surface area (Å²) < 4.78 is 49.6. The van der Waals surface area contributed by atoms with Crippen molar-refractivity contribution in [3.8, 4) is 0 Å². The molecule has 3 aliphatic carbocycles. The molecule has 2 atom stereocenters. The highest BCUT2D eigenvalue weighted by molar-refractivity contribution is 5.78. The molecule has 3 aromatic rings. The van der Waals surface area contributed by atoms with Crippen molar-refractivity contribution in [2.45, 2.75) is 62.6 Å². The van der Waals surface area contributed by atoms with Gasteiger partial charge in [-0.25, -0.2) is 15.0 Å². The van der Waals surface area contributed by atoms with Crippen molar-refractivity contribution in [1.82, 2.24) is 24.1 Å². The van der Waals surface area contributed by atoms with Crippen LogP contribution in [0.1, 0.15) is 67.0 Å². The van der Waals surface area contributed by atoms with Gasteiger partial charge in [0.2, 0.25) is 5.56 Å². The molecule has 0 unspecified atom stereocenters. The summed E-state index contributed by atoms with van der Waals surface area (Å²) in [5.74, 6) is 0.756. The van der Waals surface area contributed by atoms with Crippen LogP contribution >= 0.6 is 0 Å². The number of alkyl halides is 3. The summed E-state index contributed by atoms with van der Waals surface area (Å²) in [5.41, 5.74) is -1.03. The number of fused-ring (bicyclic) bond motifs is 1. The van der Waals surface area contributed by atoms with E-state index >= 15 is 0 Å². The van der Waals surface area contributed by atoms with E-state index in [1.807, 2.05) is 0 Å². The number of halogens is 3. The summed E-state index contributed by atoms with van der Waals surface area (Å²) in [4.78, 5) is 39.0. The Hall–Kier alpha value is -3.08. The van der Waals surface area contributed by atoms with Crippen molar-refractivity contribution >= 4 is 11.0 Å². The topological polar surface area (TPSA) is 91.9 Å². The molecule has 36 heavy (non-hydrogen) atoms. The van der Waals surface area contributed by atoms with Gasteiger partial charge in [-0.05, 0) is 50.7 Å². The third kappa shape index (κ3) is 3.21. The molecule has 11 heteroatoms. The molecule has 4 heterocycles. The molecule has 8 nitrogen and oxygen atoms in total. The van der Waals surface area contributed by atoms with E-state index in [1.54, 1.807) is 33.3 Å². The molecule has 0 amide bonds. The standard InChI is InChI=1S/C25H26F3N5O3/c1-13-29-18-19(22(35)33(13)3)30-21(31-20(18)23-10-24(11-23,12-23)25(26,27)28)14-6-7-36-16(8-14)15-4-5-17(34)32(2)9-15/h4-5,9,14,16H,6-8,10-12H2,1-3H3/t14-,16+,23?,24?/m0/s1. The van der Waals surface area contributed by atoms with Gasteiger partial charge in [-0.1, -0.05) is 0 Å². The lowest BCUT2D eigenvalue weighted by Crippen LogP contribution is -2.70. The molecular weight excluding hydrogens is 475 g/mol. The molecule has 2 bridgehead atoms. The summed E-state index contributed by atoms with van der Waals surface area (Å²) in [6.07, 6.45) is -1.74. The van der Waals surface area contributed by atoms with E-state index in [0.717, 1.165) is 5.56 Å². The van der Waals surface area contributed by atoms with Crippen molar-refractivity contribution in [3.63, 3.8) is 0 Å². The lowest BCUT2D eigenvalue weighted by molar-refractivity contribution is -0.337. The molecule has 1 saturated heterocycles. The molecular formula is C25H26F3N5O3. The van der Waals surface area contributed by atoms with Gasteiger partial charge < -0.3 is 9.30 Å². The van der Waals surface area contributed by atoms with E-state index in [0.29, 0.717) is 42.3 Å². The van der Waals surface area contributed by atoms with Gasteiger partial charge in [0.1, 0.15) is 17.2 Å². The fourth-order valence-corrected chi connectivity index (χ4v) is 6.23. The van der Waals surface area contributed by atoms with Crippen LogP contribution < -0.4 is 11.1 Å². The maximum atomic E-state index is 13.6. The van der Waals surface area contributed by atoms with Crippen LogP contribution in [-0.4, -0.2) is 36.9 Å². The SMILES string of the molecule is Cc1nc2c(C34CC(C(F)(F)F)(C3)C4)nc([C@H]3CCO[C@@H](c4ccc(=O)n(C)c4)C3)nc2c(=O)n1C. The minimum atomic E-state index is -4.25. The van der Waals surface area contributed by atoms with Crippen LogP contribution in [0, 0.1) is 12.3 Å². The molecule has 0 radical (unpaired) electrons. The minimum Gasteiger partial charge on any atom is -0.373 e. The first-order chi connectivity index (χ1) is 16.9. The maximum absolute atomic E-state index is 13.6. The van der Waals surface area contributed by atoms with E-state index in [4.69, 9.17) is 9.72 Å². The quantitative estimate of drug-likeness (QED) is 0.547. The van der Waals surface area contributed by atoms with Gasteiger partial charge in [-0.2, -0.15) is 13.2 Å². The summed E-state index contributed by atoms with van der Waals surface area (Å²) in [6, 6.07) is 3.23. The Bertz CT molecular complexity index is 1510. The third-order valence-electron chi connectivity index (χ3n) is 8.43. The molecule has 4 fully saturated rings. The van der Waals surface area contributed by atoms with Crippen LogP contribution in [-0.2, 0) is 24.2 Å². The number of ether oxygens (including phenoxy) is 1. The first kappa shape index (κ1) is 23.3. The first-order valence-electron chi connectivity index (χ1n) is 12.0. The summed E-state index contributed by atoms with van der Waals surface area (Å²) in [5, 5.41) is 0. The Morgan fingerprint density at radius 1 is 1.06 bits per heavy atom. The second-order valence-corrected chi connectivity index (χ2v) is 10.7. The molecule has 7 rings (SSSR count). The Labute approximate surface area is 204 Å². The van der Waals surface area contributed by atoms with Crippen LogP contribution in [0.2, 0.25) is 0 Å². The largest absolute Gasteiger partial charge is 0.394 e. The fourth-order valence-electron chi connectivity index (χ4n) is 6.23. The molecule has 4 aliphatic rings. The summed E-state index contributed by atoms with van der Waals surface area (Å²) >= 11 is 0. The van der Waals surface area contributed by atoms with Gasteiger partial charge in [0, 0.05) is 44.3 Å². The fraction of sp³-hybridized carbons (Fsp3) is 0.560. The zero-order valence-electron chi connectivity index (χ0n) is 20.2. The Kier molecular flexibility index (Phi) is 4.84. The average Bonchev–Trinajstić information content (AvgIpc) is 2.77. The molecule has 0 spiro atoms. The second-order valence-electron chi connectivity index (χ2n) is 10.7. The molecule has 0 aromatic carbocycles. The van der Waals surface area contributed by atoms with E-state index in [9.17, 15) is 22.8 Å². The number of aryl methyl sites for hydroxylation is 2. The van der Waals surface area contributed by atoms with Gasteiger partial charge in [-0.15, -0.1) is 0 Å². The van der Waals surface area contributed by atoms with Crippen LogP contribution in [0.4, 0.5) is 13.2 Å². The Morgan fingerprint density at radius 2 is 1.78 bits per heavy atom. The van der Waals surface area contributed by atoms with E-state index < -0.39 is 17.0 Å². The summed E-state index contributed by atoms with van der Waals surface area (Å²) in [7, 11) is 3.28. The molecule has 0 N–H and O–H groups in total. The van der Waals surface area contributed by atoms with Gasteiger partial charge in [-0.3, -0.25) is 14.2 Å². The van der Waals surface area contributed by atoms with Crippen LogP contribution in [0.5, 0.6) is 0 Å². The van der Waals surface area contributed by atoms with Gasteiger partial charge >= 0.3 is 6.18 Å². The number of hydrogen-bond acceptors (Lipinski definition) is 6. The van der Waals surface area contributed by atoms with Gasteiger partial charge in [0.15, 0.2) is 5.52 Å². The predicted octanol–water partition coefficient (Wildman–Crippen LogP) is 3.35. The van der Waals surface area contributed by atoms with Gasteiger partial charge in [0.25, 0.3) is 5.56 Å². The Balaban J connectivity index is 1.42. The molecule has 1 aliphatic heterocycles. The van der Waals surface area contributed by atoms with Crippen molar-refractivity contribution in [3.05, 3.63) is 61.9 Å². The van der Waals surface area contributed by atoms with Crippen molar-refractivity contribution < 1.29 is 17.9 Å². The number of nitrogens with zero attached hydrogens (tertiary/aromatic N) is 5. The number of aromatic nitrogens is 5. The van der Waals surface area contributed by atoms with Crippen molar-refractivity contribution in [2.24, 2.45) is 19.5 Å². The van der Waals surface area contributed by atoms with Crippen LogP contribution in [0.15, 0.2) is 27.9 Å². The third-order valence-corrected chi connectivity index (χ3v) is 8.43. The zero-order chi connectivity index (χ0) is 25.6. The lowest BCUT2D eigenvalue weighted by Gasteiger charge is -2.70. The highest BCUT2D eigenvalue weighted by atomic mass is 19.4. The van der Waals surface area contributed by atoms with Crippen molar-refractivity contribution in [1.29, 1.82) is 0 Å². The van der Waals surface area contributed by atoms with E-state index in [1.165, 1.54) is 15.2 Å². The number of rotatable bonds is 3. The monoisotopic (exact) mass is 501 g/mol. The molecule has 3 aromatic heterocycles. The average molecular weight is 502 g/mol. The molecule has 190 valence electrons. The summed E-state index contributed by atoms with van der Waals surface area (Å²) in [6.45, 7) is 2.12. The highest BCUT2D eigenvalue weighted by Crippen LogP contribution is 2.78. The zero-order valence-corrected chi connectivity index (χ0v) is 20.2. The predicted molar refractivity (Wildman–Crippen MR) is 124 cm³/mol. The highest BCUT2D eigenvalue weighted by Gasteiger charge is 2.79. The van der Waals surface area contributed by atoms with Crippen LogP contribution in [0.3, 0.4) is 0 Å². The molecule has 3 saturated carbocycles. The van der Waals surface area contributed by atoms with Gasteiger partial charge in [0.05, 0.1) is 17.2 Å². The lowest BCUT2D eigenvalue weighted by atomic mass is 9.34. The number of pyridine rings is 1. The number of hydrogen-bond donors (Lipinski definition) is 0. The smallest absolute Gasteiger partial charge is 0.373 e. The Morgan fingerprint density at radius 3 is 2.44 bits per heavy atom. The van der Waals surface area contributed by atoms with Crippen molar-refractivity contribution in [2.75, 3.05) is 6.61 Å². The first-order valence-corrected chi connectivity index (χ1v) is 12.0. The van der Waals surface area contributed by atoms with E-state index in [2.05, 4.69) is 9.97 Å². The van der Waals surface area contributed by atoms with E-state index in [-0.39, 0.29) is 47.9 Å². The normalized spacial score (nSPS) is 29.6. The maximum Gasteiger partial charge on any atom is 0.394 e. The minimum absolute atomic E-state index is 0.0283. The van der Waals surface area contributed by atoms with Crippen LogP contribution in [0.25, 0.3) is 11.0 Å². The second kappa shape index (κ2) is 7.47.